The lowest BCUT2D eigenvalue weighted by Gasteiger charge is -2.21. The summed E-state index contributed by atoms with van der Waals surface area (Å²) in [5.74, 6) is -2.38. The summed E-state index contributed by atoms with van der Waals surface area (Å²) in [6.45, 7) is 0. The first-order valence-corrected chi connectivity index (χ1v) is 7.74. The van der Waals surface area contributed by atoms with Crippen LogP contribution in [0.25, 0.3) is 0 Å². The lowest BCUT2D eigenvalue weighted by atomic mass is 10.0. The number of halogens is 1. The van der Waals surface area contributed by atoms with E-state index in [0.717, 1.165) is 37.5 Å². The number of hydrogen-bond donors (Lipinski definition) is 1. The Morgan fingerprint density at radius 2 is 1.84 bits per heavy atom. The van der Waals surface area contributed by atoms with Gasteiger partial charge >= 0.3 is 5.97 Å². The van der Waals surface area contributed by atoms with Crippen LogP contribution in [0.4, 0.5) is 4.39 Å². The van der Waals surface area contributed by atoms with Crippen molar-refractivity contribution in [1.82, 2.24) is 0 Å². The fourth-order valence-electron chi connectivity index (χ4n) is 2.41. The predicted molar refractivity (Wildman–Crippen MR) is 67.4 cm³/mol. The van der Waals surface area contributed by atoms with Gasteiger partial charge in [0.1, 0.15) is 5.82 Å². The van der Waals surface area contributed by atoms with Crippen LogP contribution < -0.4 is 0 Å². The largest absolute Gasteiger partial charge is 0.478 e. The van der Waals surface area contributed by atoms with Crippen molar-refractivity contribution in [3.8, 4) is 0 Å². The number of benzene rings is 1. The Bertz CT molecular complexity index is 589. The molecule has 1 aliphatic carbocycles. The van der Waals surface area contributed by atoms with Crippen molar-refractivity contribution < 1.29 is 22.7 Å². The maximum Gasteiger partial charge on any atom is 0.338 e. The Labute approximate surface area is 111 Å². The number of carboxylic acid groups (broad SMARTS) is 1. The van der Waals surface area contributed by atoms with Gasteiger partial charge < -0.3 is 5.11 Å². The van der Waals surface area contributed by atoms with Crippen molar-refractivity contribution in [2.45, 2.75) is 42.2 Å². The Balaban J connectivity index is 2.40. The third-order valence-corrected chi connectivity index (χ3v) is 5.75. The van der Waals surface area contributed by atoms with Crippen LogP contribution in [0.5, 0.6) is 0 Å². The molecule has 0 spiro atoms. The smallest absolute Gasteiger partial charge is 0.338 e. The van der Waals surface area contributed by atoms with Crippen LogP contribution in [0.15, 0.2) is 23.1 Å². The number of sulfone groups is 1. The van der Waals surface area contributed by atoms with Crippen molar-refractivity contribution in [3.05, 3.63) is 29.6 Å². The fourth-order valence-corrected chi connectivity index (χ4v) is 4.29. The number of aromatic carboxylic acids is 1. The second-order valence-electron chi connectivity index (χ2n) is 4.75. The minimum absolute atomic E-state index is 0.0989. The summed E-state index contributed by atoms with van der Waals surface area (Å²) in [7, 11) is -3.56. The van der Waals surface area contributed by atoms with Crippen molar-refractivity contribution in [1.29, 1.82) is 0 Å². The highest BCUT2D eigenvalue weighted by Crippen LogP contribution is 2.29. The molecule has 1 aliphatic rings. The summed E-state index contributed by atoms with van der Waals surface area (Å²) < 4.78 is 38.0. The second-order valence-corrected chi connectivity index (χ2v) is 6.98. The highest BCUT2D eigenvalue weighted by molar-refractivity contribution is 7.92. The first-order valence-electron chi connectivity index (χ1n) is 6.19. The van der Waals surface area contributed by atoms with E-state index in [-0.39, 0.29) is 4.90 Å². The number of rotatable bonds is 3. The van der Waals surface area contributed by atoms with Crippen LogP contribution in [0, 0.1) is 5.82 Å². The molecule has 0 aromatic heterocycles. The van der Waals surface area contributed by atoms with Gasteiger partial charge in [-0.2, -0.15) is 0 Å². The lowest BCUT2D eigenvalue weighted by Crippen LogP contribution is -2.24. The van der Waals surface area contributed by atoms with E-state index in [4.69, 9.17) is 5.11 Å². The van der Waals surface area contributed by atoms with E-state index in [2.05, 4.69) is 0 Å². The van der Waals surface area contributed by atoms with Crippen LogP contribution in [-0.2, 0) is 9.84 Å². The number of hydrogen-bond acceptors (Lipinski definition) is 3. The zero-order valence-corrected chi connectivity index (χ0v) is 11.1. The molecule has 0 unspecified atom stereocenters. The average molecular weight is 286 g/mol. The summed E-state index contributed by atoms with van der Waals surface area (Å²) in [6, 6.07) is 2.96. The zero-order chi connectivity index (χ0) is 14.0. The molecule has 2 rings (SSSR count). The normalized spacial score (nSPS) is 17.3. The molecule has 104 valence electrons. The van der Waals surface area contributed by atoms with Crippen LogP contribution in [0.2, 0.25) is 0 Å². The predicted octanol–water partition coefficient (Wildman–Crippen LogP) is 2.63. The van der Waals surface area contributed by atoms with E-state index >= 15 is 0 Å². The van der Waals surface area contributed by atoms with Gasteiger partial charge in [-0.25, -0.2) is 17.6 Å². The molecule has 0 amide bonds. The van der Waals surface area contributed by atoms with Gasteiger partial charge in [0, 0.05) is 0 Å². The summed E-state index contributed by atoms with van der Waals surface area (Å²) in [5, 5.41) is 8.35. The SMILES string of the molecule is O=C(O)c1cc(S(=O)(=O)C2CCCCC2)ccc1F. The Morgan fingerprint density at radius 1 is 1.21 bits per heavy atom. The van der Waals surface area contributed by atoms with Crippen molar-refractivity contribution in [2.75, 3.05) is 0 Å². The molecule has 0 saturated heterocycles. The summed E-state index contributed by atoms with van der Waals surface area (Å²) in [6.07, 6.45) is 3.91. The van der Waals surface area contributed by atoms with Crippen molar-refractivity contribution in [3.63, 3.8) is 0 Å². The van der Waals surface area contributed by atoms with E-state index in [1.165, 1.54) is 0 Å². The molecule has 1 N–H and O–H groups in total. The monoisotopic (exact) mass is 286 g/mol. The maximum absolute atomic E-state index is 13.3. The summed E-state index contributed by atoms with van der Waals surface area (Å²) >= 11 is 0. The molecular weight excluding hydrogens is 271 g/mol. The topological polar surface area (TPSA) is 71.4 Å². The first kappa shape index (κ1) is 14.0. The Kier molecular flexibility index (Phi) is 3.89. The third-order valence-electron chi connectivity index (χ3n) is 3.49. The third kappa shape index (κ3) is 2.78. The van der Waals surface area contributed by atoms with Crippen molar-refractivity contribution in [2.24, 2.45) is 0 Å². The molecule has 1 fully saturated rings. The van der Waals surface area contributed by atoms with Crippen LogP contribution in [-0.4, -0.2) is 24.7 Å². The minimum atomic E-state index is -3.56. The molecule has 19 heavy (non-hydrogen) atoms. The number of carboxylic acids is 1. The molecular formula is C13H15FO4S. The molecule has 0 heterocycles. The molecule has 1 aromatic rings. The molecule has 0 radical (unpaired) electrons. The van der Waals surface area contributed by atoms with E-state index < -0.39 is 32.4 Å². The maximum atomic E-state index is 13.3. The standard InChI is InChI=1S/C13H15FO4S/c14-12-7-6-10(8-11(12)13(15)16)19(17,18)9-4-2-1-3-5-9/h6-9H,1-5H2,(H,15,16). The highest BCUT2D eigenvalue weighted by atomic mass is 32.2. The minimum Gasteiger partial charge on any atom is -0.478 e. The van der Waals surface area contributed by atoms with Gasteiger partial charge in [0.15, 0.2) is 9.84 Å². The molecule has 1 aromatic carbocycles. The second kappa shape index (κ2) is 5.28. The molecule has 4 nitrogen and oxygen atoms in total. The number of carbonyl (C=O) groups is 1. The van der Waals surface area contributed by atoms with Crippen LogP contribution >= 0.6 is 0 Å². The molecule has 6 heteroatoms. The first-order chi connectivity index (χ1) is 8.93. The highest BCUT2D eigenvalue weighted by Gasteiger charge is 2.29. The molecule has 0 atom stereocenters. The van der Waals surface area contributed by atoms with Gasteiger partial charge in [-0.05, 0) is 31.0 Å². The van der Waals surface area contributed by atoms with Gasteiger partial charge in [0.25, 0.3) is 0 Å². The Morgan fingerprint density at radius 3 is 2.42 bits per heavy atom. The molecule has 0 aliphatic heterocycles. The van der Waals surface area contributed by atoms with Crippen LogP contribution in [0.3, 0.4) is 0 Å². The van der Waals surface area contributed by atoms with E-state index in [1.54, 1.807) is 0 Å². The van der Waals surface area contributed by atoms with Gasteiger partial charge in [0.2, 0.25) is 0 Å². The van der Waals surface area contributed by atoms with E-state index in [0.29, 0.717) is 12.8 Å². The van der Waals surface area contributed by atoms with Crippen molar-refractivity contribution >= 4 is 15.8 Å². The lowest BCUT2D eigenvalue weighted by molar-refractivity contribution is 0.0691. The quantitative estimate of drug-likeness (QED) is 0.867. The molecule has 0 bridgehead atoms. The van der Waals surface area contributed by atoms with E-state index in [9.17, 15) is 17.6 Å². The van der Waals surface area contributed by atoms with E-state index in [1.807, 2.05) is 0 Å². The van der Waals surface area contributed by atoms with Gasteiger partial charge in [0.05, 0.1) is 15.7 Å². The summed E-state index contributed by atoms with van der Waals surface area (Å²) in [4.78, 5) is 10.7. The Hall–Kier alpha value is -1.43. The van der Waals surface area contributed by atoms with Gasteiger partial charge in [-0.15, -0.1) is 0 Å². The molecule has 1 saturated carbocycles. The van der Waals surface area contributed by atoms with Gasteiger partial charge in [-0.3, -0.25) is 0 Å². The average Bonchev–Trinajstić information content (AvgIpc) is 2.39. The fraction of sp³-hybridized carbons (Fsp3) is 0.462. The van der Waals surface area contributed by atoms with Crippen LogP contribution in [0.1, 0.15) is 42.5 Å². The van der Waals surface area contributed by atoms with Gasteiger partial charge in [-0.1, -0.05) is 19.3 Å². The summed E-state index contributed by atoms with van der Waals surface area (Å²) in [5.41, 5.74) is -0.600. The zero-order valence-electron chi connectivity index (χ0n) is 10.3.